The van der Waals surface area contributed by atoms with Crippen LogP contribution in [0, 0.1) is 0 Å². The number of hydrogen-bond acceptors (Lipinski definition) is 3. The number of aromatic nitrogens is 2. The molecule has 0 fully saturated rings. The quantitative estimate of drug-likeness (QED) is 0.805. The van der Waals surface area contributed by atoms with Crippen molar-refractivity contribution in [3.63, 3.8) is 0 Å². The van der Waals surface area contributed by atoms with Crippen LogP contribution in [0.25, 0.3) is 0 Å². The summed E-state index contributed by atoms with van der Waals surface area (Å²) in [5.41, 5.74) is 2.34. The highest BCUT2D eigenvalue weighted by atomic mass is 79.9. The van der Waals surface area contributed by atoms with Gasteiger partial charge in [-0.05, 0) is 18.2 Å². The Bertz CT molecular complexity index is 495. The topological polar surface area (TPSA) is 41.9 Å². The Hall–Kier alpha value is -1.33. The smallest absolute Gasteiger partial charge is 0.0534 e. The Morgan fingerprint density at radius 3 is 2.94 bits per heavy atom. The highest BCUT2D eigenvalue weighted by molar-refractivity contribution is 9.10. The average Bonchev–Trinajstić information content (AvgIpc) is 2.75. The van der Waals surface area contributed by atoms with Crippen LogP contribution < -0.4 is 10.6 Å². The number of nitrogens with one attached hydrogen (secondary N) is 2. The van der Waals surface area contributed by atoms with Gasteiger partial charge in [-0.1, -0.05) is 22.0 Å². The molecule has 0 bridgehead atoms. The zero-order chi connectivity index (χ0) is 12.8. The predicted octanol–water partition coefficient (Wildman–Crippen LogP) is 2.38. The number of halogens is 1. The molecule has 4 nitrogen and oxygen atoms in total. The molecule has 0 saturated heterocycles. The molecule has 1 heterocycles. The van der Waals surface area contributed by atoms with Gasteiger partial charge >= 0.3 is 0 Å². The molecule has 18 heavy (non-hydrogen) atoms. The maximum atomic E-state index is 4.13. The Morgan fingerprint density at radius 2 is 2.22 bits per heavy atom. The van der Waals surface area contributed by atoms with E-state index in [9.17, 15) is 0 Å². The molecule has 0 unspecified atom stereocenters. The lowest BCUT2D eigenvalue weighted by molar-refractivity contribution is 0.705. The number of anilines is 1. The molecule has 2 aromatic rings. The maximum absolute atomic E-state index is 4.13. The summed E-state index contributed by atoms with van der Waals surface area (Å²) in [7, 11) is 1.93. The van der Waals surface area contributed by atoms with Crippen LogP contribution in [0.5, 0.6) is 0 Å². The fourth-order valence-electron chi connectivity index (χ4n) is 1.69. The summed E-state index contributed by atoms with van der Waals surface area (Å²) in [6, 6.07) is 8.17. The van der Waals surface area contributed by atoms with Crippen LogP contribution in [0.1, 0.15) is 5.56 Å². The molecule has 0 aliphatic carbocycles. The molecule has 0 atom stereocenters. The molecule has 0 saturated carbocycles. The lowest BCUT2D eigenvalue weighted by atomic mass is 10.3. The van der Waals surface area contributed by atoms with Gasteiger partial charge in [0.15, 0.2) is 0 Å². The van der Waals surface area contributed by atoms with Gasteiger partial charge in [0.2, 0.25) is 0 Å². The van der Waals surface area contributed by atoms with Crippen molar-refractivity contribution in [2.24, 2.45) is 7.05 Å². The zero-order valence-electron chi connectivity index (χ0n) is 10.4. The number of nitrogens with zero attached hydrogens (tertiary/aromatic N) is 2. The van der Waals surface area contributed by atoms with Gasteiger partial charge in [0, 0.05) is 48.6 Å². The minimum absolute atomic E-state index is 0.855. The lowest BCUT2D eigenvalue weighted by Crippen LogP contribution is -2.21. The van der Waals surface area contributed by atoms with Crippen molar-refractivity contribution in [3.8, 4) is 0 Å². The van der Waals surface area contributed by atoms with E-state index >= 15 is 0 Å². The minimum atomic E-state index is 0.855. The standard InChI is InChI=1S/C13H17BrN4/c1-18-10-11(9-17-18)8-15-5-6-16-13-4-2-3-12(14)7-13/h2-4,7,9-10,15-16H,5-6,8H2,1H3. The number of rotatable bonds is 6. The fraction of sp³-hybridized carbons (Fsp3) is 0.308. The lowest BCUT2D eigenvalue weighted by Gasteiger charge is -2.07. The van der Waals surface area contributed by atoms with Gasteiger partial charge < -0.3 is 10.6 Å². The normalized spacial score (nSPS) is 10.6. The molecule has 96 valence electrons. The summed E-state index contributed by atoms with van der Waals surface area (Å²) >= 11 is 3.45. The van der Waals surface area contributed by atoms with Crippen LogP contribution in [0.3, 0.4) is 0 Å². The molecule has 1 aromatic heterocycles. The summed E-state index contributed by atoms with van der Waals surface area (Å²) in [5, 5.41) is 10.9. The van der Waals surface area contributed by atoms with E-state index in [2.05, 4.69) is 43.8 Å². The Balaban J connectivity index is 1.64. The monoisotopic (exact) mass is 308 g/mol. The zero-order valence-corrected chi connectivity index (χ0v) is 11.9. The largest absolute Gasteiger partial charge is 0.384 e. The van der Waals surface area contributed by atoms with Crippen LogP contribution in [0.15, 0.2) is 41.1 Å². The van der Waals surface area contributed by atoms with Crippen LogP contribution in [0.2, 0.25) is 0 Å². The van der Waals surface area contributed by atoms with Gasteiger partial charge in [0.05, 0.1) is 6.20 Å². The second kappa shape index (κ2) is 6.56. The van der Waals surface area contributed by atoms with E-state index in [0.29, 0.717) is 0 Å². The summed E-state index contributed by atoms with van der Waals surface area (Å²) in [6.45, 7) is 2.67. The van der Waals surface area contributed by atoms with Gasteiger partial charge in [-0.3, -0.25) is 4.68 Å². The molecule has 5 heteroatoms. The van der Waals surface area contributed by atoms with E-state index in [4.69, 9.17) is 0 Å². The van der Waals surface area contributed by atoms with Crippen molar-refractivity contribution in [2.75, 3.05) is 18.4 Å². The van der Waals surface area contributed by atoms with Crippen LogP contribution in [-0.4, -0.2) is 22.9 Å². The second-order valence-corrected chi connectivity index (χ2v) is 5.05. The first kappa shape index (κ1) is 13.1. The van der Waals surface area contributed by atoms with Crippen LogP contribution in [-0.2, 0) is 13.6 Å². The summed E-state index contributed by atoms with van der Waals surface area (Å²) in [6.07, 6.45) is 3.91. The van der Waals surface area contributed by atoms with Gasteiger partial charge in [0.1, 0.15) is 0 Å². The summed E-state index contributed by atoms with van der Waals surface area (Å²) in [5.74, 6) is 0. The Morgan fingerprint density at radius 1 is 1.33 bits per heavy atom. The second-order valence-electron chi connectivity index (χ2n) is 4.14. The molecular weight excluding hydrogens is 292 g/mol. The molecule has 0 aliphatic rings. The van der Waals surface area contributed by atoms with Gasteiger partial charge in [-0.15, -0.1) is 0 Å². The summed E-state index contributed by atoms with van der Waals surface area (Å²) in [4.78, 5) is 0. The van der Waals surface area contributed by atoms with Crippen LogP contribution >= 0.6 is 15.9 Å². The van der Waals surface area contributed by atoms with E-state index in [1.54, 1.807) is 0 Å². The van der Waals surface area contributed by atoms with Gasteiger partial charge in [-0.25, -0.2) is 0 Å². The maximum Gasteiger partial charge on any atom is 0.0534 e. The van der Waals surface area contributed by atoms with Crippen molar-refractivity contribution in [2.45, 2.75) is 6.54 Å². The van der Waals surface area contributed by atoms with Crippen molar-refractivity contribution >= 4 is 21.6 Å². The Labute approximate surface area is 116 Å². The fourth-order valence-corrected chi connectivity index (χ4v) is 2.09. The first-order valence-corrected chi connectivity index (χ1v) is 6.71. The van der Waals surface area contributed by atoms with E-state index in [1.165, 1.54) is 5.56 Å². The SMILES string of the molecule is Cn1cc(CNCCNc2cccc(Br)c2)cn1. The summed E-state index contributed by atoms with van der Waals surface area (Å²) < 4.78 is 2.91. The molecule has 2 rings (SSSR count). The van der Waals surface area contributed by atoms with Crippen molar-refractivity contribution in [3.05, 3.63) is 46.7 Å². The molecular formula is C13H17BrN4. The average molecular weight is 309 g/mol. The molecule has 0 radical (unpaired) electrons. The highest BCUT2D eigenvalue weighted by Crippen LogP contribution is 2.14. The van der Waals surface area contributed by atoms with Crippen LogP contribution in [0.4, 0.5) is 5.69 Å². The third-order valence-electron chi connectivity index (χ3n) is 2.54. The third-order valence-corrected chi connectivity index (χ3v) is 3.04. The van der Waals surface area contributed by atoms with Gasteiger partial charge in [-0.2, -0.15) is 5.10 Å². The number of hydrogen-bond donors (Lipinski definition) is 2. The molecule has 0 amide bonds. The highest BCUT2D eigenvalue weighted by Gasteiger charge is 1.95. The van der Waals surface area contributed by atoms with Crippen molar-refractivity contribution in [1.29, 1.82) is 0 Å². The molecule has 0 aliphatic heterocycles. The Kier molecular flexibility index (Phi) is 4.78. The van der Waals surface area contributed by atoms with E-state index in [0.717, 1.165) is 29.8 Å². The predicted molar refractivity (Wildman–Crippen MR) is 77.5 cm³/mol. The molecule has 1 aromatic carbocycles. The van der Waals surface area contributed by atoms with E-state index < -0.39 is 0 Å². The van der Waals surface area contributed by atoms with E-state index in [1.807, 2.05) is 36.3 Å². The van der Waals surface area contributed by atoms with Gasteiger partial charge in [0.25, 0.3) is 0 Å². The first-order chi connectivity index (χ1) is 8.74. The first-order valence-electron chi connectivity index (χ1n) is 5.92. The minimum Gasteiger partial charge on any atom is -0.384 e. The van der Waals surface area contributed by atoms with Crippen molar-refractivity contribution in [1.82, 2.24) is 15.1 Å². The van der Waals surface area contributed by atoms with E-state index in [-0.39, 0.29) is 0 Å². The number of aryl methyl sites for hydroxylation is 1. The molecule has 2 N–H and O–H groups in total. The number of benzene rings is 1. The third kappa shape index (κ3) is 4.16. The van der Waals surface area contributed by atoms with Crippen molar-refractivity contribution < 1.29 is 0 Å². The molecule has 0 spiro atoms.